The molecule has 2 aromatic carbocycles. The Morgan fingerprint density at radius 3 is 2.52 bits per heavy atom. The average Bonchev–Trinajstić information content (AvgIpc) is 2.46. The minimum absolute atomic E-state index is 0.344. The first kappa shape index (κ1) is 16.7. The summed E-state index contributed by atoms with van der Waals surface area (Å²) in [6.45, 7) is 5.42. The maximum atomic E-state index is 3.69. The molecule has 0 aliphatic rings. The van der Waals surface area contributed by atoms with Crippen LogP contribution in [0, 0.1) is 6.92 Å². The molecule has 2 aromatic rings. The van der Waals surface area contributed by atoms with E-state index in [0.29, 0.717) is 6.04 Å². The normalized spacial score (nSPS) is 12.4. The van der Waals surface area contributed by atoms with Crippen molar-refractivity contribution in [3.63, 3.8) is 0 Å². The topological polar surface area (TPSA) is 12.0 Å². The second-order valence-electron chi connectivity index (χ2n) is 5.34. The molecule has 0 heterocycles. The standard InChI is InChI=1S/C18H21Br2N/c1-3-9-21-18(11-14-5-4-6-15(19)10-14)17-12-16(20)8-7-13(17)2/h4-8,10,12,18,21H,3,9,11H2,1-2H3. The number of hydrogen-bond acceptors (Lipinski definition) is 1. The zero-order valence-electron chi connectivity index (χ0n) is 12.5. The fourth-order valence-electron chi connectivity index (χ4n) is 2.50. The molecule has 0 radical (unpaired) electrons. The Labute approximate surface area is 144 Å². The van der Waals surface area contributed by atoms with E-state index in [1.54, 1.807) is 0 Å². The van der Waals surface area contributed by atoms with E-state index in [4.69, 9.17) is 0 Å². The Bertz CT molecular complexity index is 596. The molecule has 1 unspecified atom stereocenters. The maximum absolute atomic E-state index is 3.69. The molecule has 0 saturated heterocycles. The lowest BCUT2D eigenvalue weighted by molar-refractivity contribution is 0.527. The van der Waals surface area contributed by atoms with Crippen LogP contribution < -0.4 is 5.32 Å². The molecule has 112 valence electrons. The molecule has 0 fully saturated rings. The Hall–Kier alpha value is -0.640. The van der Waals surface area contributed by atoms with E-state index < -0.39 is 0 Å². The molecule has 2 rings (SSSR count). The number of benzene rings is 2. The highest BCUT2D eigenvalue weighted by Gasteiger charge is 2.14. The summed E-state index contributed by atoms with van der Waals surface area (Å²) in [6.07, 6.45) is 2.14. The predicted molar refractivity (Wildman–Crippen MR) is 97.8 cm³/mol. The number of rotatable bonds is 6. The van der Waals surface area contributed by atoms with Gasteiger partial charge < -0.3 is 5.32 Å². The molecular weight excluding hydrogens is 390 g/mol. The van der Waals surface area contributed by atoms with Gasteiger partial charge in [0.1, 0.15) is 0 Å². The Morgan fingerprint density at radius 2 is 1.81 bits per heavy atom. The zero-order chi connectivity index (χ0) is 15.2. The van der Waals surface area contributed by atoms with Crippen LogP contribution in [0.4, 0.5) is 0 Å². The van der Waals surface area contributed by atoms with Gasteiger partial charge in [-0.05, 0) is 67.3 Å². The number of halogens is 2. The third kappa shape index (κ3) is 4.94. The Kier molecular flexibility index (Phi) is 6.46. The van der Waals surface area contributed by atoms with Crippen molar-refractivity contribution < 1.29 is 0 Å². The van der Waals surface area contributed by atoms with Crippen molar-refractivity contribution in [2.24, 2.45) is 0 Å². The molecule has 1 atom stereocenters. The molecule has 0 aliphatic carbocycles. The van der Waals surface area contributed by atoms with Crippen LogP contribution in [0.3, 0.4) is 0 Å². The molecular formula is C18H21Br2N. The molecule has 0 bridgehead atoms. The smallest absolute Gasteiger partial charge is 0.0363 e. The monoisotopic (exact) mass is 409 g/mol. The van der Waals surface area contributed by atoms with Gasteiger partial charge in [0, 0.05) is 15.0 Å². The lowest BCUT2D eigenvalue weighted by Crippen LogP contribution is -2.24. The van der Waals surface area contributed by atoms with Gasteiger partial charge >= 0.3 is 0 Å². The summed E-state index contributed by atoms with van der Waals surface area (Å²) in [5.41, 5.74) is 4.05. The first-order valence-corrected chi connectivity index (χ1v) is 8.92. The summed E-state index contributed by atoms with van der Waals surface area (Å²) in [7, 11) is 0. The van der Waals surface area contributed by atoms with Crippen LogP contribution in [0.2, 0.25) is 0 Å². The molecule has 0 spiro atoms. The predicted octanol–water partition coefficient (Wildman–Crippen LogP) is 5.80. The zero-order valence-corrected chi connectivity index (χ0v) is 15.7. The molecule has 21 heavy (non-hydrogen) atoms. The van der Waals surface area contributed by atoms with E-state index in [1.165, 1.54) is 16.7 Å². The van der Waals surface area contributed by atoms with Gasteiger partial charge in [0.25, 0.3) is 0 Å². The molecule has 0 amide bonds. The van der Waals surface area contributed by atoms with Crippen LogP contribution in [0.25, 0.3) is 0 Å². The van der Waals surface area contributed by atoms with Gasteiger partial charge in [0.15, 0.2) is 0 Å². The van der Waals surface area contributed by atoms with Crippen molar-refractivity contribution in [3.8, 4) is 0 Å². The van der Waals surface area contributed by atoms with E-state index in [1.807, 2.05) is 0 Å². The lowest BCUT2D eigenvalue weighted by atomic mass is 9.95. The van der Waals surface area contributed by atoms with Crippen molar-refractivity contribution >= 4 is 31.9 Å². The third-order valence-electron chi connectivity index (χ3n) is 3.59. The molecule has 1 N–H and O–H groups in total. The van der Waals surface area contributed by atoms with Gasteiger partial charge in [-0.25, -0.2) is 0 Å². The quantitative estimate of drug-likeness (QED) is 0.634. The van der Waals surface area contributed by atoms with Gasteiger partial charge in [0.2, 0.25) is 0 Å². The van der Waals surface area contributed by atoms with Gasteiger partial charge in [-0.2, -0.15) is 0 Å². The largest absolute Gasteiger partial charge is 0.310 e. The summed E-state index contributed by atoms with van der Waals surface area (Å²) < 4.78 is 2.28. The highest BCUT2D eigenvalue weighted by molar-refractivity contribution is 9.10. The van der Waals surface area contributed by atoms with Crippen LogP contribution >= 0.6 is 31.9 Å². The molecule has 0 aliphatic heterocycles. The Morgan fingerprint density at radius 1 is 1.05 bits per heavy atom. The maximum Gasteiger partial charge on any atom is 0.0363 e. The van der Waals surface area contributed by atoms with Crippen molar-refractivity contribution in [2.45, 2.75) is 32.7 Å². The minimum atomic E-state index is 0.344. The van der Waals surface area contributed by atoms with E-state index in [2.05, 4.69) is 93.5 Å². The van der Waals surface area contributed by atoms with E-state index in [9.17, 15) is 0 Å². The van der Waals surface area contributed by atoms with Gasteiger partial charge in [-0.15, -0.1) is 0 Å². The van der Waals surface area contributed by atoms with Crippen LogP contribution in [0.1, 0.15) is 36.1 Å². The van der Waals surface area contributed by atoms with E-state index in [0.717, 1.165) is 28.3 Å². The highest BCUT2D eigenvalue weighted by atomic mass is 79.9. The highest BCUT2D eigenvalue weighted by Crippen LogP contribution is 2.26. The Balaban J connectivity index is 2.27. The van der Waals surface area contributed by atoms with E-state index in [-0.39, 0.29) is 0 Å². The second kappa shape index (κ2) is 8.11. The molecule has 0 saturated carbocycles. The lowest BCUT2D eigenvalue weighted by Gasteiger charge is -2.21. The molecule has 0 aromatic heterocycles. The van der Waals surface area contributed by atoms with Gasteiger partial charge in [-0.3, -0.25) is 0 Å². The van der Waals surface area contributed by atoms with Crippen LogP contribution in [0.15, 0.2) is 51.4 Å². The summed E-state index contributed by atoms with van der Waals surface area (Å²) in [5.74, 6) is 0. The fraction of sp³-hybridized carbons (Fsp3) is 0.333. The average molecular weight is 411 g/mol. The number of nitrogens with one attached hydrogen (secondary N) is 1. The van der Waals surface area contributed by atoms with Crippen molar-refractivity contribution in [1.82, 2.24) is 5.32 Å². The first-order chi connectivity index (χ1) is 10.1. The summed E-state index contributed by atoms with van der Waals surface area (Å²) >= 11 is 7.15. The van der Waals surface area contributed by atoms with Crippen molar-refractivity contribution in [2.75, 3.05) is 6.54 Å². The summed E-state index contributed by atoms with van der Waals surface area (Å²) in [4.78, 5) is 0. The van der Waals surface area contributed by atoms with E-state index >= 15 is 0 Å². The molecule has 1 nitrogen and oxygen atoms in total. The van der Waals surface area contributed by atoms with Gasteiger partial charge in [-0.1, -0.05) is 57.0 Å². The fourth-order valence-corrected chi connectivity index (χ4v) is 3.32. The van der Waals surface area contributed by atoms with Crippen LogP contribution in [0.5, 0.6) is 0 Å². The molecule has 3 heteroatoms. The second-order valence-corrected chi connectivity index (χ2v) is 7.17. The first-order valence-electron chi connectivity index (χ1n) is 7.34. The SMILES string of the molecule is CCCNC(Cc1cccc(Br)c1)c1cc(Br)ccc1C. The van der Waals surface area contributed by atoms with Gasteiger partial charge in [0.05, 0.1) is 0 Å². The number of hydrogen-bond donors (Lipinski definition) is 1. The number of aryl methyl sites for hydroxylation is 1. The summed E-state index contributed by atoms with van der Waals surface area (Å²) in [5, 5.41) is 3.69. The van der Waals surface area contributed by atoms with Crippen LogP contribution in [-0.4, -0.2) is 6.54 Å². The van der Waals surface area contributed by atoms with Crippen molar-refractivity contribution in [1.29, 1.82) is 0 Å². The minimum Gasteiger partial charge on any atom is -0.310 e. The van der Waals surface area contributed by atoms with Crippen LogP contribution in [-0.2, 0) is 6.42 Å². The third-order valence-corrected chi connectivity index (χ3v) is 4.57. The summed E-state index contributed by atoms with van der Waals surface area (Å²) in [6, 6.07) is 15.4. The van der Waals surface area contributed by atoms with Crippen molar-refractivity contribution in [3.05, 3.63) is 68.1 Å².